The van der Waals surface area contributed by atoms with Gasteiger partial charge in [-0.25, -0.2) is 18.2 Å². The molecule has 0 bridgehead atoms. The van der Waals surface area contributed by atoms with Crippen LogP contribution >= 0.6 is 0 Å². The van der Waals surface area contributed by atoms with Gasteiger partial charge < -0.3 is 29.6 Å². The first-order chi connectivity index (χ1) is 26.6. The number of carboxylic acid groups (broad SMARTS) is 1. The second-order valence-corrected chi connectivity index (χ2v) is 15.4. The number of nitrogens with zero attached hydrogens (tertiary/aromatic N) is 4. The monoisotopic (exact) mass is 797 g/mol. The van der Waals surface area contributed by atoms with Crippen molar-refractivity contribution in [2.75, 3.05) is 55.4 Å². The van der Waals surface area contributed by atoms with E-state index in [0.29, 0.717) is 35.7 Å². The molecule has 16 heteroatoms. The number of aliphatic carboxylic acids is 1. The molecule has 2 aliphatic heterocycles. The van der Waals surface area contributed by atoms with E-state index in [1.807, 2.05) is 29.2 Å². The van der Waals surface area contributed by atoms with Gasteiger partial charge in [-0.1, -0.05) is 49.4 Å². The number of amides is 1. The molecule has 2 aliphatic rings. The number of likely N-dealkylation sites (tertiary alicyclic amines) is 1. The number of halogens is 3. The Morgan fingerprint density at radius 1 is 0.911 bits per heavy atom. The molecule has 0 unspecified atom stereocenters. The molecule has 2 fully saturated rings. The number of rotatable bonds is 11. The maximum atomic E-state index is 13.8. The third-order valence-electron chi connectivity index (χ3n) is 9.62. The number of pyridine rings is 1. The number of ether oxygens (including phenoxy) is 1. The van der Waals surface area contributed by atoms with Crippen LogP contribution in [0.3, 0.4) is 0 Å². The van der Waals surface area contributed by atoms with Crippen LogP contribution in [0.2, 0.25) is 0 Å². The number of aliphatic hydroxyl groups excluding tert-OH is 1. The molecule has 2 saturated heterocycles. The predicted octanol–water partition coefficient (Wildman–Crippen LogP) is 6.45. The van der Waals surface area contributed by atoms with Crippen LogP contribution in [0.1, 0.15) is 59.8 Å². The van der Waals surface area contributed by atoms with Crippen LogP contribution in [0, 0.1) is 0 Å². The highest BCUT2D eigenvalue weighted by molar-refractivity contribution is 7.91. The highest BCUT2D eigenvalue weighted by Gasteiger charge is 2.32. The number of nitrogens with one attached hydrogen (secondary N) is 1. The Balaban J connectivity index is 0.000000927. The summed E-state index contributed by atoms with van der Waals surface area (Å²) in [6.07, 6.45) is -3.21. The average molecular weight is 798 g/mol. The van der Waals surface area contributed by atoms with E-state index in [2.05, 4.69) is 26.4 Å². The van der Waals surface area contributed by atoms with Crippen LogP contribution in [-0.4, -0.2) is 97.2 Å². The highest BCUT2D eigenvalue weighted by atomic mass is 32.2. The molecule has 0 aliphatic carbocycles. The summed E-state index contributed by atoms with van der Waals surface area (Å²) >= 11 is 0. The number of carbonyl (C=O) groups is 2. The standard InChI is InChI=1S/C37H40F3N5O4S.C3H6O3/c1-2-43-20-22-44(23-21-43)34-14-10-30(24-33(34)42-50(47,48)26-27-6-4-3-5-7-27)36(46)45-18-16-29(17-19-45)28-8-11-31(12-9-28)49-32-13-15-35(41-25-32)37(38,39)40;1-2(4)3(5)6/h3-15,24-25,29,42H,2,16-23,26H2,1H3;2,4H,1H3,(H,5,6)/t;2-/m.0/s1. The number of anilines is 2. The zero-order chi connectivity index (χ0) is 40.5. The van der Waals surface area contributed by atoms with Crippen LogP contribution < -0.4 is 14.4 Å². The van der Waals surface area contributed by atoms with Gasteiger partial charge in [0.1, 0.15) is 23.3 Å². The molecule has 3 N–H and O–H groups in total. The summed E-state index contributed by atoms with van der Waals surface area (Å²) < 4.78 is 73.6. The Morgan fingerprint density at radius 3 is 2.09 bits per heavy atom. The maximum Gasteiger partial charge on any atom is 0.433 e. The van der Waals surface area contributed by atoms with Gasteiger partial charge in [0.25, 0.3) is 5.91 Å². The number of piperazine rings is 1. The first-order valence-corrected chi connectivity index (χ1v) is 19.9. The minimum absolute atomic E-state index is 0.150. The summed E-state index contributed by atoms with van der Waals surface area (Å²) in [5, 5.41) is 15.8. The second-order valence-electron chi connectivity index (χ2n) is 13.6. The van der Waals surface area contributed by atoms with Gasteiger partial charge in [0.05, 0.1) is 23.3 Å². The molecule has 56 heavy (non-hydrogen) atoms. The zero-order valence-corrected chi connectivity index (χ0v) is 32.0. The molecule has 3 heterocycles. The number of hydrogen-bond acceptors (Lipinski definition) is 9. The minimum atomic E-state index is -4.51. The molecular formula is C40H46F3N5O7S. The lowest BCUT2D eigenvalue weighted by Gasteiger charge is -2.36. The van der Waals surface area contributed by atoms with Crippen LogP contribution in [0.5, 0.6) is 11.5 Å². The van der Waals surface area contributed by atoms with Gasteiger partial charge in [-0.2, -0.15) is 13.2 Å². The van der Waals surface area contributed by atoms with Crippen LogP contribution in [0.4, 0.5) is 24.5 Å². The van der Waals surface area contributed by atoms with Crippen molar-refractivity contribution >= 4 is 33.3 Å². The number of piperidine rings is 1. The number of sulfonamides is 1. The van der Waals surface area contributed by atoms with Crippen molar-refractivity contribution in [3.05, 3.63) is 114 Å². The third kappa shape index (κ3) is 11.7. The summed E-state index contributed by atoms with van der Waals surface area (Å²) in [5.74, 6) is -0.615. The molecule has 0 saturated carbocycles. The summed E-state index contributed by atoms with van der Waals surface area (Å²) in [7, 11) is -3.76. The third-order valence-corrected chi connectivity index (χ3v) is 10.9. The van der Waals surface area contributed by atoms with Crippen molar-refractivity contribution in [1.29, 1.82) is 0 Å². The van der Waals surface area contributed by atoms with Crippen molar-refractivity contribution in [2.45, 2.75) is 50.6 Å². The summed E-state index contributed by atoms with van der Waals surface area (Å²) in [5.41, 5.74) is 2.36. The topological polar surface area (TPSA) is 153 Å². The van der Waals surface area contributed by atoms with E-state index >= 15 is 0 Å². The number of benzene rings is 3. The van der Waals surface area contributed by atoms with Crippen molar-refractivity contribution in [2.24, 2.45) is 0 Å². The van der Waals surface area contributed by atoms with Gasteiger partial charge in [-0.3, -0.25) is 9.52 Å². The molecule has 12 nitrogen and oxygen atoms in total. The maximum absolute atomic E-state index is 13.8. The molecule has 3 aromatic carbocycles. The van der Waals surface area contributed by atoms with Gasteiger partial charge >= 0.3 is 12.1 Å². The van der Waals surface area contributed by atoms with Crippen molar-refractivity contribution in [3.63, 3.8) is 0 Å². The van der Waals surface area contributed by atoms with Crippen molar-refractivity contribution < 1.29 is 46.1 Å². The second kappa shape index (κ2) is 18.6. The normalized spacial score (nSPS) is 16.0. The highest BCUT2D eigenvalue weighted by Crippen LogP contribution is 2.34. The van der Waals surface area contributed by atoms with E-state index in [9.17, 15) is 31.2 Å². The van der Waals surface area contributed by atoms with E-state index in [0.717, 1.165) is 69.1 Å². The molecule has 6 rings (SSSR count). The Bertz CT molecular complexity index is 2020. The molecule has 1 atom stereocenters. The SMILES string of the molecule is CCN1CCN(c2ccc(C(=O)N3CCC(c4ccc(Oc5ccc(C(F)(F)F)nc5)cc4)CC3)cc2NS(=O)(=O)Cc2ccccc2)CC1.C[C@H](O)C(=O)O. The van der Waals surface area contributed by atoms with Gasteiger partial charge in [-0.15, -0.1) is 0 Å². The molecule has 0 radical (unpaired) electrons. The Morgan fingerprint density at radius 2 is 1.54 bits per heavy atom. The first-order valence-electron chi connectivity index (χ1n) is 18.3. The number of alkyl halides is 3. The van der Waals surface area contributed by atoms with E-state index in [4.69, 9.17) is 14.9 Å². The summed E-state index contributed by atoms with van der Waals surface area (Å²) in [6.45, 7) is 8.59. The van der Waals surface area contributed by atoms with Gasteiger partial charge in [-0.05, 0) is 85.8 Å². The quantitative estimate of drug-likeness (QED) is 0.155. The van der Waals surface area contributed by atoms with Crippen LogP contribution in [-0.2, 0) is 26.7 Å². The first kappa shape index (κ1) is 42.0. The fourth-order valence-electron chi connectivity index (χ4n) is 6.48. The number of likely N-dealkylation sites (N-methyl/N-ethyl adjacent to an activating group) is 1. The van der Waals surface area contributed by atoms with Gasteiger partial charge in [0.15, 0.2) is 0 Å². The molecule has 1 aromatic heterocycles. The van der Waals surface area contributed by atoms with E-state index in [-0.39, 0.29) is 23.3 Å². The molecular weight excluding hydrogens is 752 g/mol. The molecule has 1 amide bonds. The van der Waals surface area contributed by atoms with Crippen molar-refractivity contribution in [1.82, 2.24) is 14.8 Å². The molecule has 0 spiro atoms. The lowest BCUT2D eigenvalue weighted by molar-refractivity contribution is -0.145. The smallest absolute Gasteiger partial charge is 0.433 e. The summed E-state index contributed by atoms with van der Waals surface area (Å²) in [6, 6.07) is 23.8. The number of aliphatic hydroxyl groups is 1. The fourth-order valence-corrected chi connectivity index (χ4v) is 7.68. The minimum Gasteiger partial charge on any atom is -0.479 e. The number of carboxylic acids is 1. The van der Waals surface area contributed by atoms with E-state index in [1.54, 1.807) is 48.5 Å². The van der Waals surface area contributed by atoms with Gasteiger partial charge in [0.2, 0.25) is 10.0 Å². The summed E-state index contributed by atoms with van der Waals surface area (Å²) in [4.78, 5) is 33.0. The number of carbonyl (C=O) groups excluding carboxylic acids is 1. The predicted molar refractivity (Wildman–Crippen MR) is 206 cm³/mol. The number of hydrogen-bond donors (Lipinski definition) is 3. The lowest BCUT2D eigenvalue weighted by Crippen LogP contribution is -2.46. The Hall–Kier alpha value is -5.19. The lowest BCUT2D eigenvalue weighted by atomic mass is 9.89. The Labute approximate surface area is 324 Å². The van der Waals surface area contributed by atoms with E-state index in [1.165, 1.54) is 13.0 Å². The fraction of sp³-hybridized carbons (Fsp3) is 0.375. The molecule has 300 valence electrons. The van der Waals surface area contributed by atoms with Crippen LogP contribution in [0.15, 0.2) is 91.1 Å². The van der Waals surface area contributed by atoms with Crippen LogP contribution in [0.25, 0.3) is 0 Å². The van der Waals surface area contributed by atoms with Gasteiger partial charge in [0, 0.05) is 44.8 Å². The van der Waals surface area contributed by atoms with E-state index < -0.39 is 34.0 Å². The zero-order valence-electron chi connectivity index (χ0n) is 31.2. The largest absolute Gasteiger partial charge is 0.479 e. The van der Waals surface area contributed by atoms with Crippen molar-refractivity contribution in [3.8, 4) is 11.5 Å². The molecule has 4 aromatic rings. The Kier molecular flexibility index (Phi) is 14.0. The number of aromatic nitrogens is 1. The average Bonchev–Trinajstić information content (AvgIpc) is 3.18.